The molecule has 2 aromatic rings. The van der Waals surface area contributed by atoms with E-state index in [-0.39, 0.29) is 5.41 Å². The third-order valence-electron chi connectivity index (χ3n) is 5.88. The molecule has 1 spiro atoms. The second-order valence-corrected chi connectivity index (χ2v) is 7.54. The average molecular weight is 338 g/mol. The predicted molar refractivity (Wildman–Crippen MR) is 96.2 cm³/mol. The van der Waals surface area contributed by atoms with Crippen LogP contribution in [0.3, 0.4) is 0 Å². The van der Waals surface area contributed by atoms with E-state index in [1.165, 1.54) is 23.2 Å². The molecule has 25 heavy (non-hydrogen) atoms. The van der Waals surface area contributed by atoms with E-state index >= 15 is 0 Å². The van der Waals surface area contributed by atoms with E-state index in [1.54, 1.807) is 6.20 Å². The second kappa shape index (κ2) is 6.98. The Bertz CT molecular complexity index is 726. The highest BCUT2D eigenvalue weighted by Crippen LogP contribution is 2.43. The molecule has 1 amide bonds. The third kappa shape index (κ3) is 3.32. The number of aryl methyl sites for hydroxylation is 2. The van der Waals surface area contributed by atoms with Gasteiger partial charge in [0.15, 0.2) is 0 Å². The first-order chi connectivity index (χ1) is 12.3. The minimum atomic E-state index is 0.134. The lowest BCUT2D eigenvalue weighted by Crippen LogP contribution is -2.47. The third-order valence-corrected chi connectivity index (χ3v) is 5.88. The summed E-state index contributed by atoms with van der Waals surface area (Å²) in [5, 5.41) is 7.43. The van der Waals surface area contributed by atoms with Crippen molar-refractivity contribution in [1.82, 2.24) is 20.1 Å². The van der Waals surface area contributed by atoms with Gasteiger partial charge in [-0.25, -0.2) is 0 Å². The molecule has 0 bridgehead atoms. The van der Waals surface area contributed by atoms with Crippen molar-refractivity contribution in [2.24, 2.45) is 0 Å². The number of fused-ring (bicyclic) bond motifs is 2. The Morgan fingerprint density at radius 3 is 3.12 bits per heavy atom. The normalized spacial score (nSPS) is 22.3. The highest BCUT2D eigenvalue weighted by atomic mass is 16.2. The number of aromatic nitrogens is 3. The van der Waals surface area contributed by atoms with Gasteiger partial charge >= 0.3 is 0 Å². The largest absolute Gasteiger partial charge is 0.342 e. The number of likely N-dealkylation sites (tertiary alicyclic amines) is 1. The summed E-state index contributed by atoms with van der Waals surface area (Å²) in [4.78, 5) is 18.9. The number of hydrogen-bond acceptors (Lipinski definition) is 3. The fourth-order valence-electron chi connectivity index (χ4n) is 4.52. The van der Waals surface area contributed by atoms with E-state index in [4.69, 9.17) is 0 Å². The molecule has 0 saturated carbocycles. The summed E-state index contributed by atoms with van der Waals surface area (Å²) < 4.78 is 0. The highest BCUT2D eigenvalue weighted by molar-refractivity contribution is 5.76. The van der Waals surface area contributed by atoms with Crippen LogP contribution < -0.4 is 0 Å². The lowest BCUT2D eigenvalue weighted by atomic mass is 9.77. The van der Waals surface area contributed by atoms with Crippen LogP contribution >= 0.6 is 0 Å². The van der Waals surface area contributed by atoms with Crippen LogP contribution in [0.4, 0.5) is 0 Å². The molecule has 1 fully saturated rings. The fourth-order valence-corrected chi connectivity index (χ4v) is 4.52. The number of hydrogen-bond donors (Lipinski definition) is 1. The van der Waals surface area contributed by atoms with Gasteiger partial charge in [0, 0.05) is 43.0 Å². The number of pyridine rings is 1. The van der Waals surface area contributed by atoms with Crippen LogP contribution in [0.5, 0.6) is 0 Å². The van der Waals surface area contributed by atoms with Gasteiger partial charge < -0.3 is 4.90 Å². The Balaban J connectivity index is 1.29. The number of carbonyl (C=O) groups excluding carboxylic acids is 1. The summed E-state index contributed by atoms with van der Waals surface area (Å²) in [6.07, 6.45) is 13.9. The maximum absolute atomic E-state index is 12.7. The molecule has 1 aliphatic heterocycles. The first kappa shape index (κ1) is 16.3. The molecular formula is C20H26N4O. The molecular weight excluding hydrogens is 312 g/mol. The standard InChI is InChI=1S/C20H26N4O/c25-18(7-2-1-5-16-6-3-11-21-13-16)24-12-4-9-20(15-24)10-8-17-14-22-23-19(17)20/h3,6,11,13-14H,1-2,4-5,7-10,12,15H2,(H,22,23). The van der Waals surface area contributed by atoms with E-state index in [0.717, 1.165) is 51.6 Å². The lowest BCUT2D eigenvalue weighted by molar-refractivity contribution is -0.133. The van der Waals surface area contributed by atoms with Crippen molar-refractivity contribution >= 4 is 5.91 Å². The lowest BCUT2D eigenvalue weighted by Gasteiger charge is -2.40. The van der Waals surface area contributed by atoms with Crippen LogP contribution in [0.25, 0.3) is 0 Å². The molecule has 5 nitrogen and oxygen atoms in total. The minimum Gasteiger partial charge on any atom is -0.342 e. The van der Waals surface area contributed by atoms with Gasteiger partial charge in [-0.2, -0.15) is 5.10 Å². The smallest absolute Gasteiger partial charge is 0.222 e. The number of nitrogens with zero attached hydrogens (tertiary/aromatic N) is 3. The van der Waals surface area contributed by atoms with Crippen molar-refractivity contribution < 1.29 is 4.79 Å². The fraction of sp³-hybridized carbons (Fsp3) is 0.550. The zero-order valence-electron chi connectivity index (χ0n) is 14.7. The molecule has 1 saturated heterocycles. The number of carbonyl (C=O) groups is 1. The van der Waals surface area contributed by atoms with Gasteiger partial charge in [-0.05, 0) is 62.1 Å². The van der Waals surface area contributed by atoms with Gasteiger partial charge in [-0.15, -0.1) is 0 Å². The van der Waals surface area contributed by atoms with Gasteiger partial charge in [0.25, 0.3) is 0 Å². The van der Waals surface area contributed by atoms with Crippen LogP contribution in [-0.4, -0.2) is 39.1 Å². The van der Waals surface area contributed by atoms with Crippen LogP contribution in [0, 0.1) is 0 Å². The average Bonchev–Trinajstić information content (AvgIpc) is 3.25. The van der Waals surface area contributed by atoms with Crippen molar-refractivity contribution in [3.05, 3.63) is 47.5 Å². The van der Waals surface area contributed by atoms with E-state index in [9.17, 15) is 4.79 Å². The number of rotatable bonds is 5. The summed E-state index contributed by atoms with van der Waals surface area (Å²) in [6, 6.07) is 4.07. The maximum Gasteiger partial charge on any atom is 0.222 e. The minimum absolute atomic E-state index is 0.134. The Labute approximate surface area is 148 Å². The Kier molecular flexibility index (Phi) is 4.55. The summed E-state index contributed by atoms with van der Waals surface area (Å²) in [6.45, 7) is 1.77. The Morgan fingerprint density at radius 2 is 2.24 bits per heavy atom. The molecule has 4 rings (SSSR count). The van der Waals surface area contributed by atoms with Crippen LogP contribution in [-0.2, 0) is 23.1 Å². The Hall–Kier alpha value is -2.17. The molecule has 2 aromatic heterocycles. The molecule has 1 N–H and O–H groups in total. The number of unbranched alkanes of at least 4 members (excludes halogenated alkanes) is 1. The van der Waals surface area contributed by atoms with Crippen molar-refractivity contribution in [3.8, 4) is 0 Å². The van der Waals surface area contributed by atoms with Gasteiger partial charge in [0.2, 0.25) is 5.91 Å². The SMILES string of the molecule is O=C(CCCCc1cccnc1)N1CCCC2(CCc3cn[nH]c32)C1. The van der Waals surface area contributed by atoms with Crippen molar-refractivity contribution in [2.75, 3.05) is 13.1 Å². The predicted octanol–water partition coefficient (Wildman–Crippen LogP) is 3.02. The Morgan fingerprint density at radius 1 is 1.28 bits per heavy atom. The van der Waals surface area contributed by atoms with E-state index in [1.807, 2.05) is 18.5 Å². The first-order valence-corrected chi connectivity index (χ1v) is 9.46. The van der Waals surface area contributed by atoms with Crippen LogP contribution in [0.1, 0.15) is 55.3 Å². The second-order valence-electron chi connectivity index (χ2n) is 7.54. The van der Waals surface area contributed by atoms with Crippen LogP contribution in [0.15, 0.2) is 30.7 Å². The van der Waals surface area contributed by atoms with Gasteiger partial charge in [0.1, 0.15) is 0 Å². The molecule has 1 atom stereocenters. The van der Waals surface area contributed by atoms with Gasteiger partial charge in [-0.1, -0.05) is 6.07 Å². The topological polar surface area (TPSA) is 61.9 Å². The molecule has 132 valence electrons. The zero-order valence-corrected chi connectivity index (χ0v) is 14.7. The number of nitrogens with one attached hydrogen (secondary N) is 1. The van der Waals surface area contributed by atoms with Gasteiger partial charge in [0.05, 0.1) is 6.20 Å². The zero-order chi connectivity index (χ0) is 17.1. The molecule has 1 unspecified atom stereocenters. The van der Waals surface area contributed by atoms with Gasteiger partial charge in [-0.3, -0.25) is 14.9 Å². The molecule has 0 aromatic carbocycles. The van der Waals surface area contributed by atoms with Crippen LogP contribution in [0.2, 0.25) is 0 Å². The summed E-state index contributed by atoms with van der Waals surface area (Å²) >= 11 is 0. The highest BCUT2D eigenvalue weighted by Gasteiger charge is 2.44. The van der Waals surface area contributed by atoms with Crippen molar-refractivity contribution in [1.29, 1.82) is 0 Å². The summed E-state index contributed by atoms with van der Waals surface area (Å²) in [5.74, 6) is 0.318. The molecule has 0 radical (unpaired) electrons. The molecule has 2 aliphatic rings. The number of aromatic amines is 1. The van der Waals surface area contributed by atoms with E-state index < -0.39 is 0 Å². The first-order valence-electron chi connectivity index (χ1n) is 9.46. The van der Waals surface area contributed by atoms with E-state index in [0.29, 0.717) is 12.3 Å². The van der Waals surface area contributed by atoms with E-state index in [2.05, 4.69) is 26.1 Å². The molecule has 5 heteroatoms. The quantitative estimate of drug-likeness (QED) is 0.853. The summed E-state index contributed by atoms with van der Waals surface area (Å²) in [5.41, 5.74) is 4.03. The number of H-pyrrole nitrogens is 1. The maximum atomic E-state index is 12.7. The number of amides is 1. The monoisotopic (exact) mass is 338 g/mol. The van der Waals surface area contributed by atoms with Crippen molar-refractivity contribution in [2.45, 2.75) is 56.8 Å². The molecule has 1 aliphatic carbocycles. The number of piperidine rings is 1. The molecule has 3 heterocycles. The van der Waals surface area contributed by atoms with Crippen molar-refractivity contribution in [3.63, 3.8) is 0 Å². The summed E-state index contributed by atoms with van der Waals surface area (Å²) in [7, 11) is 0.